The molecule has 0 bridgehead atoms. The first-order valence-electron chi connectivity index (χ1n) is 8.98. The van der Waals surface area contributed by atoms with Crippen molar-refractivity contribution in [3.05, 3.63) is 65.7 Å². The van der Waals surface area contributed by atoms with Gasteiger partial charge in [0.15, 0.2) is 0 Å². The molecule has 28 heavy (non-hydrogen) atoms. The summed E-state index contributed by atoms with van der Waals surface area (Å²) in [5, 5.41) is 11.9. The maximum absolute atomic E-state index is 13.7. The number of aliphatic hydroxyl groups excluding tert-OH is 1. The van der Waals surface area contributed by atoms with E-state index in [1.54, 1.807) is 35.2 Å². The standard InChI is InChI=1S/C20H19FN4O3/c21-15-3-1-2-13(10-15)18-19(27)22-6-7-25(18)20(28)14-4-5-17-16(11-14)23-12-24(17)8-9-26/h1-5,10-12,18,26H,6-9H2,(H,22,27)/t18-/m0/s1. The lowest BCUT2D eigenvalue weighted by atomic mass is 10.0. The second kappa shape index (κ2) is 7.40. The van der Waals surface area contributed by atoms with Crippen molar-refractivity contribution in [1.82, 2.24) is 19.8 Å². The molecule has 2 N–H and O–H groups in total. The van der Waals surface area contributed by atoms with Crippen LogP contribution < -0.4 is 5.32 Å². The van der Waals surface area contributed by atoms with Crippen LogP contribution in [0.3, 0.4) is 0 Å². The van der Waals surface area contributed by atoms with Gasteiger partial charge in [-0.15, -0.1) is 0 Å². The normalized spacial score (nSPS) is 17.0. The lowest BCUT2D eigenvalue weighted by Crippen LogP contribution is -2.52. The van der Waals surface area contributed by atoms with E-state index >= 15 is 0 Å². The molecule has 2 heterocycles. The Bertz CT molecular complexity index is 1050. The van der Waals surface area contributed by atoms with Crippen LogP contribution in [0.2, 0.25) is 0 Å². The third-order valence-corrected chi connectivity index (χ3v) is 4.85. The van der Waals surface area contributed by atoms with E-state index in [0.29, 0.717) is 36.3 Å². The third-order valence-electron chi connectivity index (χ3n) is 4.85. The van der Waals surface area contributed by atoms with Gasteiger partial charge in [0.1, 0.15) is 11.9 Å². The summed E-state index contributed by atoms with van der Waals surface area (Å²) >= 11 is 0. The second-order valence-electron chi connectivity index (χ2n) is 6.61. The minimum Gasteiger partial charge on any atom is -0.395 e. The SMILES string of the molecule is O=C1NCCN(C(=O)c2ccc3c(c2)ncn3CCO)[C@H]1c1cccc(F)c1. The van der Waals surface area contributed by atoms with E-state index in [0.717, 1.165) is 5.52 Å². The van der Waals surface area contributed by atoms with Crippen molar-refractivity contribution in [1.29, 1.82) is 0 Å². The Balaban J connectivity index is 1.68. The van der Waals surface area contributed by atoms with Gasteiger partial charge < -0.3 is 19.9 Å². The average molecular weight is 382 g/mol. The number of carbonyl (C=O) groups is 2. The van der Waals surface area contributed by atoms with Gasteiger partial charge in [0, 0.05) is 25.2 Å². The van der Waals surface area contributed by atoms with Crippen molar-refractivity contribution < 1.29 is 19.1 Å². The number of benzene rings is 2. The van der Waals surface area contributed by atoms with E-state index in [4.69, 9.17) is 5.11 Å². The van der Waals surface area contributed by atoms with Crippen molar-refractivity contribution in [2.45, 2.75) is 12.6 Å². The summed E-state index contributed by atoms with van der Waals surface area (Å²) in [7, 11) is 0. The van der Waals surface area contributed by atoms with Gasteiger partial charge in [0.25, 0.3) is 5.91 Å². The summed E-state index contributed by atoms with van der Waals surface area (Å²) < 4.78 is 15.5. The zero-order chi connectivity index (χ0) is 19.7. The zero-order valence-corrected chi connectivity index (χ0v) is 15.0. The molecule has 0 saturated carbocycles. The van der Waals surface area contributed by atoms with Gasteiger partial charge in [-0.2, -0.15) is 0 Å². The lowest BCUT2D eigenvalue weighted by Gasteiger charge is -2.35. The van der Waals surface area contributed by atoms with Gasteiger partial charge in [-0.3, -0.25) is 9.59 Å². The largest absolute Gasteiger partial charge is 0.395 e. The number of piperazine rings is 1. The number of amides is 2. The van der Waals surface area contributed by atoms with Crippen LogP contribution in [0.4, 0.5) is 4.39 Å². The van der Waals surface area contributed by atoms with Crippen LogP contribution >= 0.6 is 0 Å². The molecule has 1 saturated heterocycles. The number of nitrogens with zero attached hydrogens (tertiary/aromatic N) is 3. The predicted octanol–water partition coefficient (Wildman–Crippen LogP) is 1.48. The van der Waals surface area contributed by atoms with E-state index in [1.807, 2.05) is 0 Å². The fraction of sp³-hybridized carbons (Fsp3) is 0.250. The van der Waals surface area contributed by atoms with Crippen LogP contribution in [0.1, 0.15) is 22.0 Å². The number of imidazole rings is 1. The zero-order valence-electron chi connectivity index (χ0n) is 15.0. The molecule has 0 radical (unpaired) electrons. The number of nitrogens with one attached hydrogen (secondary N) is 1. The number of aliphatic hydroxyl groups is 1. The topological polar surface area (TPSA) is 87.5 Å². The molecular formula is C20H19FN4O3. The van der Waals surface area contributed by atoms with Gasteiger partial charge in [0.2, 0.25) is 5.91 Å². The molecule has 144 valence electrons. The number of hydrogen-bond donors (Lipinski definition) is 2. The van der Waals surface area contributed by atoms with Crippen LogP contribution in [-0.4, -0.2) is 51.1 Å². The van der Waals surface area contributed by atoms with Gasteiger partial charge in [-0.05, 0) is 35.9 Å². The number of fused-ring (bicyclic) bond motifs is 1. The molecule has 8 heteroatoms. The summed E-state index contributed by atoms with van der Waals surface area (Å²) in [5.41, 5.74) is 2.27. The summed E-state index contributed by atoms with van der Waals surface area (Å²) in [4.78, 5) is 31.4. The van der Waals surface area contributed by atoms with Gasteiger partial charge in [0.05, 0.1) is 24.0 Å². The third kappa shape index (κ3) is 3.22. The molecule has 0 unspecified atom stereocenters. The molecule has 0 spiro atoms. The Hall–Kier alpha value is -3.26. The van der Waals surface area contributed by atoms with E-state index in [-0.39, 0.29) is 18.4 Å². The second-order valence-corrected chi connectivity index (χ2v) is 6.61. The number of carbonyl (C=O) groups excluding carboxylic acids is 2. The van der Waals surface area contributed by atoms with Crippen molar-refractivity contribution >= 4 is 22.8 Å². The fourth-order valence-electron chi connectivity index (χ4n) is 3.54. The Morgan fingerprint density at radius 1 is 1.29 bits per heavy atom. The number of rotatable bonds is 4. The summed E-state index contributed by atoms with van der Waals surface area (Å²) in [5.74, 6) is -1.11. The minimum absolute atomic E-state index is 0.00958. The Morgan fingerprint density at radius 2 is 2.14 bits per heavy atom. The summed E-state index contributed by atoms with van der Waals surface area (Å²) in [6.45, 7) is 1.06. The highest BCUT2D eigenvalue weighted by atomic mass is 19.1. The molecule has 1 atom stereocenters. The van der Waals surface area contributed by atoms with Crippen molar-refractivity contribution in [2.75, 3.05) is 19.7 Å². The Kier molecular flexibility index (Phi) is 4.79. The highest BCUT2D eigenvalue weighted by Crippen LogP contribution is 2.26. The molecule has 3 aromatic rings. The summed E-state index contributed by atoms with van der Waals surface area (Å²) in [6.07, 6.45) is 1.61. The molecule has 7 nitrogen and oxygen atoms in total. The monoisotopic (exact) mass is 382 g/mol. The first kappa shape index (κ1) is 18.1. The van der Waals surface area contributed by atoms with Crippen LogP contribution in [0.25, 0.3) is 11.0 Å². The van der Waals surface area contributed by atoms with E-state index < -0.39 is 11.9 Å². The van der Waals surface area contributed by atoms with Crippen LogP contribution in [0, 0.1) is 5.82 Å². The fourth-order valence-corrected chi connectivity index (χ4v) is 3.54. The van der Waals surface area contributed by atoms with Crippen molar-refractivity contribution in [3.63, 3.8) is 0 Å². The van der Waals surface area contributed by atoms with E-state index in [1.165, 1.54) is 23.1 Å². The predicted molar refractivity (Wildman–Crippen MR) is 100 cm³/mol. The smallest absolute Gasteiger partial charge is 0.254 e. The molecule has 1 aliphatic heterocycles. The van der Waals surface area contributed by atoms with Gasteiger partial charge >= 0.3 is 0 Å². The number of aromatic nitrogens is 2. The Morgan fingerprint density at radius 3 is 2.93 bits per heavy atom. The molecule has 4 rings (SSSR count). The molecule has 1 fully saturated rings. The molecule has 2 aromatic carbocycles. The van der Waals surface area contributed by atoms with Crippen molar-refractivity contribution in [3.8, 4) is 0 Å². The summed E-state index contributed by atoms with van der Waals surface area (Å²) in [6, 6.07) is 9.96. The molecule has 2 amide bonds. The van der Waals surface area contributed by atoms with E-state index in [9.17, 15) is 14.0 Å². The highest BCUT2D eigenvalue weighted by molar-refractivity contribution is 6.00. The molecule has 1 aliphatic rings. The maximum Gasteiger partial charge on any atom is 0.254 e. The van der Waals surface area contributed by atoms with E-state index in [2.05, 4.69) is 10.3 Å². The number of hydrogen-bond acceptors (Lipinski definition) is 4. The first-order chi connectivity index (χ1) is 13.6. The van der Waals surface area contributed by atoms with Crippen LogP contribution in [-0.2, 0) is 11.3 Å². The quantitative estimate of drug-likeness (QED) is 0.716. The molecule has 0 aliphatic carbocycles. The van der Waals surface area contributed by atoms with Crippen LogP contribution in [0.15, 0.2) is 48.8 Å². The molecular weight excluding hydrogens is 363 g/mol. The maximum atomic E-state index is 13.7. The van der Waals surface area contributed by atoms with Gasteiger partial charge in [-0.1, -0.05) is 12.1 Å². The van der Waals surface area contributed by atoms with Crippen LogP contribution in [0.5, 0.6) is 0 Å². The lowest BCUT2D eigenvalue weighted by molar-refractivity contribution is -0.128. The highest BCUT2D eigenvalue weighted by Gasteiger charge is 2.35. The first-order valence-corrected chi connectivity index (χ1v) is 8.98. The minimum atomic E-state index is -0.889. The molecule has 1 aromatic heterocycles. The Labute approximate surface area is 160 Å². The average Bonchev–Trinajstić information content (AvgIpc) is 3.09. The van der Waals surface area contributed by atoms with Crippen molar-refractivity contribution in [2.24, 2.45) is 0 Å². The number of halogens is 1. The van der Waals surface area contributed by atoms with Gasteiger partial charge in [-0.25, -0.2) is 9.37 Å².